The third-order valence-corrected chi connectivity index (χ3v) is 3.91. The monoisotopic (exact) mass is 319 g/mol. The van der Waals surface area contributed by atoms with Gasteiger partial charge in [0.1, 0.15) is 0 Å². The first-order chi connectivity index (χ1) is 8.88. The second kappa shape index (κ2) is 5.43. The Labute approximate surface area is 122 Å². The van der Waals surface area contributed by atoms with Crippen molar-refractivity contribution >= 4 is 15.9 Å². The van der Waals surface area contributed by atoms with Gasteiger partial charge in [0.05, 0.1) is 5.60 Å². The number of aromatic nitrogens is 1. The van der Waals surface area contributed by atoms with Gasteiger partial charge < -0.3 is 5.11 Å². The van der Waals surface area contributed by atoms with Crippen LogP contribution in [-0.4, -0.2) is 10.1 Å². The molecule has 1 heterocycles. The number of aryl methyl sites for hydroxylation is 2. The molecule has 2 rings (SSSR count). The summed E-state index contributed by atoms with van der Waals surface area (Å²) in [5.41, 5.74) is 3.34. The highest BCUT2D eigenvalue weighted by Gasteiger charge is 2.24. The fourth-order valence-electron chi connectivity index (χ4n) is 2.04. The van der Waals surface area contributed by atoms with Gasteiger partial charge in [-0.25, -0.2) is 0 Å². The van der Waals surface area contributed by atoms with Crippen LogP contribution < -0.4 is 0 Å². The summed E-state index contributed by atoms with van der Waals surface area (Å²) in [6, 6.07) is 9.96. The van der Waals surface area contributed by atoms with Crippen LogP contribution in [0.2, 0.25) is 0 Å². The van der Waals surface area contributed by atoms with Crippen molar-refractivity contribution in [1.29, 1.82) is 0 Å². The Bertz CT molecular complexity index is 576. The summed E-state index contributed by atoms with van der Waals surface area (Å²) in [5.74, 6) is 0. The minimum atomic E-state index is -0.903. The van der Waals surface area contributed by atoms with Crippen LogP contribution in [0.15, 0.2) is 41.0 Å². The second-order valence-electron chi connectivity index (χ2n) is 5.22. The average Bonchev–Trinajstić information content (AvgIpc) is 2.35. The minimum absolute atomic E-state index is 0.503. The largest absolute Gasteiger partial charge is 0.385 e. The van der Waals surface area contributed by atoms with Gasteiger partial charge in [-0.1, -0.05) is 18.2 Å². The molecule has 100 valence electrons. The molecule has 0 spiro atoms. The van der Waals surface area contributed by atoms with Gasteiger partial charge in [0.2, 0.25) is 0 Å². The van der Waals surface area contributed by atoms with Gasteiger partial charge in [-0.05, 0) is 65.5 Å². The first-order valence-corrected chi connectivity index (χ1v) is 7.08. The third-order valence-electron chi connectivity index (χ3n) is 3.44. The van der Waals surface area contributed by atoms with Crippen LogP contribution in [0.5, 0.6) is 0 Å². The molecule has 0 fully saturated rings. The van der Waals surface area contributed by atoms with Gasteiger partial charge in [0, 0.05) is 22.8 Å². The summed E-state index contributed by atoms with van der Waals surface area (Å²) in [7, 11) is 0. The van der Waals surface area contributed by atoms with E-state index < -0.39 is 5.60 Å². The number of aliphatic hydroxyl groups is 1. The molecule has 1 aromatic carbocycles. The zero-order chi connectivity index (χ0) is 14.0. The molecule has 0 saturated heterocycles. The number of halogens is 1. The molecule has 1 atom stereocenters. The molecule has 0 saturated carbocycles. The lowest BCUT2D eigenvalue weighted by atomic mass is 9.89. The van der Waals surface area contributed by atoms with E-state index >= 15 is 0 Å². The van der Waals surface area contributed by atoms with E-state index in [4.69, 9.17) is 0 Å². The summed E-state index contributed by atoms with van der Waals surface area (Å²) in [6.45, 7) is 5.97. The topological polar surface area (TPSA) is 33.1 Å². The summed E-state index contributed by atoms with van der Waals surface area (Å²) in [5, 5.41) is 10.7. The predicted molar refractivity (Wildman–Crippen MR) is 81.1 cm³/mol. The van der Waals surface area contributed by atoms with Crippen molar-refractivity contribution < 1.29 is 5.11 Å². The fourth-order valence-corrected chi connectivity index (χ4v) is 2.28. The highest BCUT2D eigenvalue weighted by atomic mass is 79.9. The normalized spacial score (nSPS) is 14.2. The van der Waals surface area contributed by atoms with Gasteiger partial charge in [0.25, 0.3) is 0 Å². The first-order valence-electron chi connectivity index (χ1n) is 6.29. The Morgan fingerprint density at radius 1 is 1.16 bits per heavy atom. The van der Waals surface area contributed by atoms with Crippen LogP contribution in [0.3, 0.4) is 0 Å². The van der Waals surface area contributed by atoms with E-state index in [0.29, 0.717) is 6.42 Å². The maximum atomic E-state index is 10.7. The fraction of sp³-hybridized carbons (Fsp3) is 0.312. The molecule has 0 bridgehead atoms. The molecule has 1 unspecified atom stereocenters. The Morgan fingerprint density at radius 2 is 1.89 bits per heavy atom. The number of hydrogen-bond donors (Lipinski definition) is 1. The average molecular weight is 320 g/mol. The van der Waals surface area contributed by atoms with E-state index in [1.54, 1.807) is 6.20 Å². The Kier molecular flexibility index (Phi) is 4.07. The Morgan fingerprint density at radius 3 is 2.47 bits per heavy atom. The van der Waals surface area contributed by atoms with Crippen molar-refractivity contribution in [1.82, 2.24) is 4.98 Å². The number of rotatable bonds is 3. The van der Waals surface area contributed by atoms with Crippen LogP contribution in [0.4, 0.5) is 0 Å². The minimum Gasteiger partial charge on any atom is -0.385 e. The molecule has 0 aliphatic heterocycles. The smallest absolute Gasteiger partial charge is 0.0923 e. The van der Waals surface area contributed by atoms with E-state index in [1.165, 1.54) is 11.1 Å². The Hall–Kier alpha value is -1.19. The molecule has 0 aliphatic rings. The van der Waals surface area contributed by atoms with E-state index in [1.807, 2.05) is 37.3 Å². The highest BCUT2D eigenvalue weighted by molar-refractivity contribution is 9.10. The van der Waals surface area contributed by atoms with Gasteiger partial charge in [-0.3, -0.25) is 4.98 Å². The van der Waals surface area contributed by atoms with E-state index in [2.05, 4.69) is 34.8 Å². The molecule has 1 N–H and O–H groups in total. The molecule has 1 aromatic heterocycles. The highest BCUT2D eigenvalue weighted by Crippen LogP contribution is 2.26. The van der Waals surface area contributed by atoms with Gasteiger partial charge in [0.15, 0.2) is 0 Å². The predicted octanol–water partition coefficient (Wildman–Crippen LogP) is 3.91. The van der Waals surface area contributed by atoms with E-state index in [9.17, 15) is 5.11 Å². The molecular weight excluding hydrogens is 302 g/mol. The van der Waals surface area contributed by atoms with Crippen molar-refractivity contribution in [2.24, 2.45) is 0 Å². The van der Waals surface area contributed by atoms with Crippen LogP contribution in [-0.2, 0) is 12.0 Å². The van der Waals surface area contributed by atoms with Gasteiger partial charge >= 0.3 is 0 Å². The number of nitrogens with zero attached hydrogens (tertiary/aromatic N) is 1. The first kappa shape index (κ1) is 14.2. The number of hydrogen-bond acceptors (Lipinski definition) is 2. The lowest BCUT2D eigenvalue weighted by Crippen LogP contribution is -2.25. The summed E-state index contributed by atoms with van der Waals surface area (Å²) in [4.78, 5) is 4.32. The maximum absolute atomic E-state index is 10.7. The molecule has 0 aliphatic carbocycles. The zero-order valence-electron chi connectivity index (χ0n) is 11.4. The molecule has 19 heavy (non-hydrogen) atoms. The van der Waals surface area contributed by atoms with Crippen LogP contribution in [0, 0.1) is 13.8 Å². The number of pyridine rings is 1. The molecule has 3 heteroatoms. The van der Waals surface area contributed by atoms with Crippen molar-refractivity contribution in [2.45, 2.75) is 32.8 Å². The zero-order valence-corrected chi connectivity index (χ0v) is 13.0. The van der Waals surface area contributed by atoms with Crippen molar-refractivity contribution in [3.05, 3.63) is 63.4 Å². The summed E-state index contributed by atoms with van der Waals surface area (Å²) >= 11 is 3.36. The van der Waals surface area contributed by atoms with Gasteiger partial charge in [-0.2, -0.15) is 0 Å². The molecule has 0 radical (unpaired) electrons. The van der Waals surface area contributed by atoms with Crippen molar-refractivity contribution in [3.63, 3.8) is 0 Å². The Balaban J connectivity index is 2.26. The van der Waals surface area contributed by atoms with Gasteiger partial charge in [-0.15, -0.1) is 0 Å². The SMILES string of the molecule is Cc1ccc(C(C)(O)Cc2ccc(Br)cn2)cc1C. The lowest BCUT2D eigenvalue weighted by Gasteiger charge is -2.24. The summed E-state index contributed by atoms with van der Waals surface area (Å²) in [6.07, 6.45) is 2.26. The third kappa shape index (κ3) is 3.43. The van der Waals surface area contributed by atoms with Crippen LogP contribution in [0.25, 0.3) is 0 Å². The summed E-state index contributed by atoms with van der Waals surface area (Å²) < 4.78 is 0.946. The van der Waals surface area contributed by atoms with Crippen molar-refractivity contribution in [3.8, 4) is 0 Å². The molecule has 0 amide bonds. The van der Waals surface area contributed by atoms with E-state index in [0.717, 1.165) is 15.7 Å². The van der Waals surface area contributed by atoms with Crippen LogP contribution >= 0.6 is 15.9 Å². The molecular formula is C16H18BrNO. The lowest BCUT2D eigenvalue weighted by molar-refractivity contribution is 0.0565. The van der Waals surface area contributed by atoms with Crippen molar-refractivity contribution in [2.75, 3.05) is 0 Å². The standard InChI is InChI=1S/C16H18BrNO/c1-11-4-5-13(8-12(11)2)16(3,19)9-15-7-6-14(17)10-18-15/h4-8,10,19H,9H2,1-3H3. The maximum Gasteiger partial charge on any atom is 0.0923 e. The molecule has 2 aromatic rings. The van der Waals surface area contributed by atoms with Crippen LogP contribution in [0.1, 0.15) is 29.3 Å². The quantitative estimate of drug-likeness (QED) is 0.930. The molecule has 2 nitrogen and oxygen atoms in total. The second-order valence-corrected chi connectivity index (χ2v) is 6.13. The number of benzene rings is 1. The van der Waals surface area contributed by atoms with E-state index in [-0.39, 0.29) is 0 Å².